The molecule has 0 bridgehead atoms. The quantitative estimate of drug-likeness (QED) is 0.575. The van der Waals surface area contributed by atoms with E-state index >= 15 is 0 Å². The van der Waals surface area contributed by atoms with Crippen LogP contribution in [0.3, 0.4) is 0 Å². The molecule has 1 saturated carbocycles. The molecule has 1 aliphatic carbocycles. The van der Waals surface area contributed by atoms with Crippen LogP contribution >= 0.6 is 0 Å². The van der Waals surface area contributed by atoms with Crippen molar-refractivity contribution in [3.63, 3.8) is 0 Å². The van der Waals surface area contributed by atoms with E-state index in [1.54, 1.807) is 0 Å². The molecule has 70 valence electrons. The molecular weight excluding hydrogens is 170 g/mol. The van der Waals surface area contributed by atoms with Crippen molar-refractivity contribution in [1.82, 2.24) is 0 Å². The Labute approximate surface area is 84.9 Å². The molecule has 1 fully saturated rings. The highest BCUT2D eigenvalue weighted by Crippen LogP contribution is 2.26. The van der Waals surface area contributed by atoms with Gasteiger partial charge in [0.2, 0.25) is 0 Å². The molecule has 0 amide bonds. The van der Waals surface area contributed by atoms with Crippen molar-refractivity contribution in [2.24, 2.45) is 0 Å². The van der Waals surface area contributed by atoms with Gasteiger partial charge in [-0.05, 0) is 37.3 Å². The highest BCUT2D eigenvalue weighted by molar-refractivity contribution is 5.59. The molecule has 0 heterocycles. The van der Waals surface area contributed by atoms with E-state index in [1.165, 1.54) is 36.8 Å². The summed E-state index contributed by atoms with van der Waals surface area (Å²) in [7, 11) is 0. The molecule has 1 aliphatic rings. The van der Waals surface area contributed by atoms with Crippen LogP contribution in [0.1, 0.15) is 31.2 Å². The zero-order valence-electron chi connectivity index (χ0n) is 8.16. The van der Waals surface area contributed by atoms with E-state index < -0.39 is 0 Å². The summed E-state index contributed by atoms with van der Waals surface area (Å²) in [6.07, 6.45) is 7.37. The molecule has 0 unspecified atom stereocenters. The van der Waals surface area contributed by atoms with Gasteiger partial charge in [-0.3, -0.25) is 0 Å². The van der Waals surface area contributed by atoms with Crippen LogP contribution in [0.5, 0.6) is 0 Å². The summed E-state index contributed by atoms with van der Waals surface area (Å²) in [4.78, 5) is 3.43. The maximum absolute atomic E-state index is 6.93. The van der Waals surface area contributed by atoms with Crippen molar-refractivity contribution in [2.45, 2.75) is 25.7 Å². The van der Waals surface area contributed by atoms with E-state index in [-0.39, 0.29) is 0 Å². The van der Waals surface area contributed by atoms with Gasteiger partial charge in [-0.25, -0.2) is 4.85 Å². The predicted octanol–water partition coefficient (Wildman–Crippen LogP) is 4.19. The van der Waals surface area contributed by atoms with Gasteiger partial charge in [-0.2, -0.15) is 0 Å². The maximum Gasteiger partial charge on any atom is 0.187 e. The van der Waals surface area contributed by atoms with E-state index in [4.69, 9.17) is 6.57 Å². The lowest BCUT2D eigenvalue weighted by Gasteiger charge is -1.97. The standard InChI is InChI=1S/C13H13N/c1-14-13-8-4-7-12(10-13)9-11-5-2-3-6-11/h4,7-10H,2-3,5-6H2. The Morgan fingerprint density at radius 1 is 1.21 bits per heavy atom. The Balaban J connectivity index is 2.24. The molecule has 0 radical (unpaired) electrons. The average molecular weight is 183 g/mol. The van der Waals surface area contributed by atoms with Crippen LogP contribution in [0.2, 0.25) is 0 Å². The van der Waals surface area contributed by atoms with Crippen LogP contribution < -0.4 is 0 Å². The van der Waals surface area contributed by atoms with Gasteiger partial charge >= 0.3 is 0 Å². The first kappa shape index (κ1) is 9.02. The molecule has 1 aromatic carbocycles. The third-order valence-electron chi connectivity index (χ3n) is 2.62. The van der Waals surface area contributed by atoms with Crippen molar-refractivity contribution in [1.29, 1.82) is 0 Å². The Bertz CT molecular complexity index is 388. The van der Waals surface area contributed by atoms with Crippen molar-refractivity contribution < 1.29 is 0 Å². The van der Waals surface area contributed by atoms with Gasteiger partial charge in [0.15, 0.2) is 5.69 Å². The summed E-state index contributed by atoms with van der Waals surface area (Å²) < 4.78 is 0. The van der Waals surface area contributed by atoms with Gasteiger partial charge in [0.1, 0.15) is 0 Å². The lowest BCUT2D eigenvalue weighted by molar-refractivity contribution is 0.886. The lowest BCUT2D eigenvalue weighted by atomic mass is 10.1. The van der Waals surface area contributed by atoms with Gasteiger partial charge in [0.25, 0.3) is 0 Å². The van der Waals surface area contributed by atoms with Crippen molar-refractivity contribution in [3.8, 4) is 0 Å². The fraction of sp³-hybridized carbons (Fsp3) is 0.308. The van der Waals surface area contributed by atoms with Gasteiger partial charge in [-0.1, -0.05) is 29.8 Å². The smallest absolute Gasteiger partial charge is 0.187 e. The van der Waals surface area contributed by atoms with Crippen LogP contribution in [0.15, 0.2) is 29.8 Å². The fourth-order valence-corrected chi connectivity index (χ4v) is 1.89. The van der Waals surface area contributed by atoms with Gasteiger partial charge in [0, 0.05) is 0 Å². The number of nitrogens with zero attached hydrogens (tertiary/aromatic N) is 1. The predicted molar refractivity (Wildman–Crippen MR) is 59.1 cm³/mol. The number of hydrogen-bond acceptors (Lipinski definition) is 0. The van der Waals surface area contributed by atoms with Crippen LogP contribution in [0.4, 0.5) is 5.69 Å². The first-order valence-corrected chi connectivity index (χ1v) is 5.05. The highest BCUT2D eigenvalue weighted by Gasteiger charge is 2.05. The minimum Gasteiger partial charge on any atom is -0.238 e. The number of benzene rings is 1. The summed E-state index contributed by atoms with van der Waals surface area (Å²) in [5.41, 5.74) is 3.44. The summed E-state index contributed by atoms with van der Waals surface area (Å²) in [6, 6.07) is 7.83. The summed E-state index contributed by atoms with van der Waals surface area (Å²) in [5.74, 6) is 0. The lowest BCUT2D eigenvalue weighted by Crippen LogP contribution is -1.74. The topological polar surface area (TPSA) is 4.36 Å². The molecule has 2 rings (SSSR count). The van der Waals surface area contributed by atoms with Gasteiger partial charge in [-0.15, -0.1) is 0 Å². The molecule has 14 heavy (non-hydrogen) atoms. The molecule has 0 spiro atoms. The van der Waals surface area contributed by atoms with E-state index in [2.05, 4.69) is 17.0 Å². The maximum atomic E-state index is 6.93. The third kappa shape index (κ3) is 2.03. The normalized spacial score (nSPS) is 15.2. The molecule has 0 saturated heterocycles. The molecule has 0 atom stereocenters. The number of allylic oxidation sites excluding steroid dienone is 1. The molecule has 0 N–H and O–H groups in total. The van der Waals surface area contributed by atoms with Crippen molar-refractivity contribution in [2.75, 3.05) is 0 Å². The summed E-state index contributed by atoms with van der Waals surface area (Å²) in [6.45, 7) is 6.93. The van der Waals surface area contributed by atoms with Crippen LogP contribution in [-0.4, -0.2) is 0 Å². The molecule has 1 nitrogen and oxygen atoms in total. The van der Waals surface area contributed by atoms with Crippen molar-refractivity contribution in [3.05, 3.63) is 46.8 Å². The van der Waals surface area contributed by atoms with Crippen LogP contribution in [0.25, 0.3) is 10.9 Å². The Morgan fingerprint density at radius 3 is 2.71 bits per heavy atom. The highest BCUT2D eigenvalue weighted by atomic mass is 14.6. The molecule has 0 aliphatic heterocycles. The van der Waals surface area contributed by atoms with E-state index in [0.29, 0.717) is 0 Å². The van der Waals surface area contributed by atoms with Crippen molar-refractivity contribution >= 4 is 11.8 Å². The average Bonchev–Trinajstić information content (AvgIpc) is 2.71. The minimum absolute atomic E-state index is 0.734. The second-order valence-electron chi connectivity index (χ2n) is 3.72. The second-order valence-corrected chi connectivity index (χ2v) is 3.72. The van der Waals surface area contributed by atoms with Gasteiger partial charge in [0.05, 0.1) is 6.57 Å². The number of hydrogen-bond donors (Lipinski definition) is 0. The first-order valence-electron chi connectivity index (χ1n) is 5.05. The Morgan fingerprint density at radius 2 is 2.00 bits per heavy atom. The summed E-state index contributed by atoms with van der Waals surface area (Å²) >= 11 is 0. The van der Waals surface area contributed by atoms with E-state index in [9.17, 15) is 0 Å². The third-order valence-corrected chi connectivity index (χ3v) is 2.62. The largest absolute Gasteiger partial charge is 0.238 e. The molecular formula is C13H13N. The Hall–Kier alpha value is -1.55. The molecule has 1 heteroatoms. The van der Waals surface area contributed by atoms with E-state index in [1.807, 2.05) is 18.2 Å². The van der Waals surface area contributed by atoms with Crippen LogP contribution in [-0.2, 0) is 0 Å². The van der Waals surface area contributed by atoms with Crippen LogP contribution in [0, 0.1) is 6.57 Å². The molecule has 1 aromatic rings. The summed E-state index contributed by atoms with van der Waals surface area (Å²) in [5, 5.41) is 0. The first-order chi connectivity index (χ1) is 6.88. The molecule has 0 aromatic heterocycles. The monoisotopic (exact) mass is 183 g/mol. The van der Waals surface area contributed by atoms with E-state index in [0.717, 1.165) is 5.69 Å². The Kier molecular flexibility index (Phi) is 2.65. The second kappa shape index (κ2) is 4.11. The van der Waals surface area contributed by atoms with Gasteiger partial charge < -0.3 is 0 Å². The SMILES string of the molecule is [C-]#[N+]c1cccc(C=C2CCCC2)c1. The number of rotatable bonds is 1. The fourth-order valence-electron chi connectivity index (χ4n) is 1.89. The zero-order valence-corrected chi connectivity index (χ0v) is 8.16. The minimum atomic E-state index is 0.734. The zero-order chi connectivity index (χ0) is 9.80.